The summed E-state index contributed by atoms with van der Waals surface area (Å²) in [7, 11) is 0. The van der Waals surface area contributed by atoms with Gasteiger partial charge < -0.3 is 9.73 Å². The molecule has 1 aromatic rings. The maximum Gasteiger partial charge on any atom is 0.138 e. The molecule has 2 heterocycles. The van der Waals surface area contributed by atoms with Gasteiger partial charge in [-0.3, -0.25) is 0 Å². The van der Waals surface area contributed by atoms with E-state index in [9.17, 15) is 0 Å². The highest BCUT2D eigenvalue weighted by Crippen LogP contribution is 2.18. The first-order valence-electron chi connectivity index (χ1n) is 3.52. The van der Waals surface area contributed by atoms with Crippen molar-refractivity contribution in [2.75, 3.05) is 5.75 Å². The molecule has 1 aromatic heterocycles. The van der Waals surface area contributed by atoms with Gasteiger partial charge in [0.1, 0.15) is 10.1 Å². The van der Waals surface area contributed by atoms with Crippen molar-refractivity contribution in [1.29, 1.82) is 0 Å². The minimum atomic E-state index is 0.841. The van der Waals surface area contributed by atoms with Crippen molar-refractivity contribution in [3.63, 3.8) is 0 Å². The number of rotatable bonds is 1. The first-order chi connectivity index (χ1) is 5.84. The van der Waals surface area contributed by atoms with Crippen LogP contribution in [0.25, 0.3) is 6.08 Å². The van der Waals surface area contributed by atoms with Crippen LogP contribution in [0.5, 0.6) is 0 Å². The Hall–Kier alpha value is -0.740. The largest absolute Gasteiger partial charge is 0.465 e. The molecule has 0 saturated carbocycles. The Morgan fingerprint density at radius 3 is 3.17 bits per heavy atom. The molecule has 4 heteroatoms. The summed E-state index contributed by atoms with van der Waals surface area (Å²) in [6, 6.07) is 3.79. The third-order valence-electron chi connectivity index (χ3n) is 1.48. The maximum absolute atomic E-state index is 5.16. The van der Waals surface area contributed by atoms with Crippen LogP contribution in [-0.2, 0) is 0 Å². The van der Waals surface area contributed by atoms with E-state index in [0.717, 1.165) is 21.5 Å². The standard InChI is InChI=1S/C8H7NOS2/c11-8-9-6(5-12-8)4-7-2-1-3-10-7/h1-4H,5H2,(H,9,11)/b6-4+. The van der Waals surface area contributed by atoms with E-state index in [4.69, 9.17) is 16.6 Å². The molecule has 1 aliphatic heterocycles. The summed E-state index contributed by atoms with van der Waals surface area (Å²) in [6.45, 7) is 0. The normalized spacial score (nSPS) is 20.0. The van der Waals surface area contributed by atoms with Crippen LogP contribution in [0.2, 0.25) is 0 Å². The fourth-order valence-corrected chi connectivity index (χ4v) is 1.92. The predicted octanol–water partition coefficient (Wildman–Crippen LogP) is 2.24. The van der Waals surface area contributed by atoms with E-state index in [1.165, 1.54) is 0 Å². The van der Waals surface area contributed by atoms with Crippen molar-refractivity contribution in [3.8, 4) is 0 Å². The molecule has 0 amide bonds. The van der Waals surface area contributed by atoms with Gasteiger partial charge in [-0.05, 0) is 12.1 Å². The van der Waals surface area contributed by atoms with E-state index in [2.05, 4.69) is 5.32 Å². The molecule has 1 aliphatic rings. The smallest absolute Gasteiger partial charge is 0.138 e. The lowest BCUT2D eigenvalue weighted by molar-refractivity contribution is 0.556. The van der Waals surface area contributed by atoms with Crippen molar-refractivity contribution in [1.82, 2.24) is 5.32 Å². The van der Waals surface area contributed by atoms with Gasteiger partial charge in [0.05, 0.1) is 6.26 Å². The van der Waals surface area contributed by atoms with Crippen LogP contribution in [0.3, 0.4) is 0 Å². The number of nitrogens with one attached hydrogen (secondary N) is 1. The Balaban J connectivity index is 2.15. The Morgan fingerprint density at radius 1 is 1.67 bits per heavy atom. The average Bonchev–Trinajstić information content (AvgIpc) is 2.63. The van der Waals surface area contributed by atoms with Gasteiger partial charge >= 0.3 is 0 Å². The predicted molar refractivity (Wildman–Crippen MR) is 54.9 cm³/mol. The van der Waals surface area contributed by atoms with E-state index in [0.29, 0.717) is 0 Å². The molecule has 1 N–H and O–H groups in total. The van der Waals surface area contributed by atoms with Crippen molar-refractivity contribution >= 4 is 34.4 Å². The van der Waals surface area contributed by atoms with Crippen LogP contribution in [0, 0.1) is 0 Å². The number of thioether (sulfide) groups is 1. The van der Waals surface area contributed by atoms with E-state index in [1.807, 2.05) is 18.2 Å². The lowest BCUT2D eigenvalue weighted by atomic mass is 10.3. The summed E-state index contributed by atoms with van der Waals surface area (Å²) in [5.74, 6) is 1.78. The van der Waals surface area contributed by atoms with Gasteiger partial charge in [0.25, 0.3) is 0 Å². The first-order valence-corrected chi connectivity index (χ1v) is 4.92. The molecule has 1 saturated heterocycles. The lowest BCUT2D eigenvalue weighted by Crippen LogP contribution is -2.08. The van der Waals surface area contributed by atoms with E-state index >= 15 is 0 Å². The monoisotopic (exact) mass is 197 g/mol. The highest BCUT2D eigenvalue weighted by atomic mass is 32.2. The van der Waals surface area contributed by atoms with E-state index in [1.54, 1.807) is 18.0 Å². The maximum atomic E-state index is 5.16. The molecule has 0 spiro atoms. The van der Waals surface area contributed by atoms with Gasteiger partial charge in [-0.15, -0.1) is 0 Å². The van der Waals surface area contributed by atoms with Gasteiger partial charge in [-0.2, -0.15) is 0 Å². The van der Waals surface area contributed by atoms with E-state index in [-0.39, 0.29) is 0 Å². The second-order valence-corrected chi connectivity index (χ2v) is 4.04. The molecule has 62 valence electrons. The number of hydrogen-bond donors (Lipinski definition) is 1. The molecule has 0 unspecified atom stereocenters. The number of thiocarbonyl (C=S) groups is 1. The molecular weight excluding hydrogens is 190 g/mol. The average molecular weight is 197 g/mol. The van der Waals surface area contributed by atoms with Crippen LogP contribution in [0.1, 0.15) is 5.76 Å². The summed E-state index contributed by atoms with van der Waals surface area (Å²) in [5.41, 5.74) is 1.11. The quantitative estimate of drug-likeness (QED) is 0.698. The van der Waals surface area contributed by atoms with Gasteiger partial charge in [-0.1, -0.05) is 24.0 Å². The highest BCUT2D eigenvalue weighted by molar-refractivity contribution is 8.23. The summed E-state index contributed by atoms with van der Waals surface area (Å²) in [6.07, 6.45) is 3.62. The van der Waals surface area contributed by atoms with Crippen LogP contribution in [0.4, 0.5) is 0 Å². The third-order valence-corrected chi connectivity index (χ3v) is 2.76. The SMILES string of the molecule is S=C1N/C(=C/c2ccco2)CS1. The van der Waals surface area contributed by atoms with Crippen molar-refractivity contribution in [3.05, 3.63) is 29.9 Å². The summed E-state index contributed by atoms with van der Waals surface area (Å²) >= 11 is 6.61. The zero-order chi connectivity index (χ0) is 8.39. The minimum absolute atomic E-state index is 0.841. The van der Waals surface area contributed by atoms with E-state index < -0.39 is 0 Å². The fourth-order valence-electron chi connectivity index (χ4n) is 0.969. The Morgan fingerprint density at radius 2 is 2.58 bits per heavy atom. The zero-order valence-corrected chi connectivity index (χ0v) is 7.87. The molecule has 0 aliphatic carbocycles. The van der Waals surface area contributed by atoms with Gasteiger partial charge in [0.15, 0.2) is 0 Å². The Labute approximate surface area is 80.0 Å². The zero-order valence-electron chi connectivity index (χ0n) is 6.24. The summed E-state index contributed by atoms with van der Waals surface area (Å²) < 4.78 is 6.00. The third kappa shape index (κ3) is 1.70. The van der Waals surface area contributed by atoms with Gasteiger partial charge in [-0.25, -0.2) is 0 Å². The second-order valence-electron chi connectivity index (χ2n) is 2.39. The highest BCUT2D eigenvalue weighted by Gasteiger charge is 2.11. The molecule has 12 heavy (non-hydrogen) atoms. The van der Waals surface area contributed by atoms with Crippen LogP contribution in [-0.4, -0.2) is 10.1 Å². The number of hydrogen-bond acceptors (Lipinski definition) is 3. The molecule has 2 rings (SSSR count). The van der Waals surface area contributed by atoms with Crippen molar-refractivity contribution in [2.24, 2.45) is 0 Å². The lowest BCUT2D eigenvalue weighted by Gasteiger charge is -1.93. The topological polar surface area (TPSA) is 25.2 Å². The summed E-state index contributed by atoms with van der Waals surface area (Å²) in [5, 5.41) is 3.09. The second kappa shape index (κ2) is 3.33. The Kier molecular flexibility index (Phi) is 2.19. The van der Waals surface area contributed by atoms with Crippen LogP contribution >= 0.6 is 24.0 Å². The number of furan rings is 1. The van der Waals surface area contributed by atoms with Crippen LogP contribution < -0.4 is 5.32 Å². The fraction of sp³-hybridized carbons (Fsp3) is 0.125. The molecule has 1 fully saturated rings. The molecule has 2 nitrogen and oxygen atoms in total. The molecule has 0 atom stereocenters. The first kappa shape index (κ1) is 7.89. The molecule has 0 aromatic carbocycles. The van der Waals surface area contributed by atoms with Gasteiger partial charge in [0, 0.05) is 17.5 Å². The molecular formula is C8H7NOS2. The minimum Gasteiger partial charge on any atom is -0.465 e. The Bertz CT molecular complexity index is 316. The van der Waals surface area contributed by atoms with Crippen LogP contribution in [0.15, 0.2) is 28.5 Å². The van der Waals surface area contributed by atoms with Gasteiger partial charge in [0.2, 0.25) is 0 Å². The molecule has 0 radical (unpaired) electrons. The van der Waals surface area contributed by atoms with Crippen molar-refractivity contribution < 1.29 is 4.42 Å². The molecule has 0 bridgehead atoms. The summed E-state index contributed by atoms with van der Waals surface area (Å²) in [4.78, 5) is 0. The van der Waals surface area contributed by atoms with Crippen molar-refractivity contribution in [2.45, 2.75) is 0 Å².